The van der Waals surface area contributed by atoms with Gasteiger partial charge in [0.05, 0.1) is 0 Å². The molecule has 19 heavy (non-hydrogen) atoms. The Bertz CT molecular complexity index is 455. The quantitative estimate of drug-likeness (QED) is 0.414. The van der Waals surface area contributed by atoms with E-state index in [4.69, 9.17) is 4.74 Å². The molecule has 2 aliphatic rings. The van der Waals surface area contributed by atoms with Gasteiger partial charge in [0.2, 0.25) is 0 Å². The molecule has 3 heteroatoms. The van der Waals surface area contributed by atoms with Gasteiger partial charge in [-0.1, -0.05) is 18.6 Å². The number of hydrogen-bond acceptors (Lipinski definition) is 3. The normalized spacial score (nSPS) is 33.9. The van der Waals surface area contributed by atoms with Gasteiger partial charge in [-0.15, -0.1) is 0 Å². The molecule has 1 fully saturated rings. The number of Topliss-reactive ketones (excluding diaryl/α,β-unsaturated/α-hetero) is 1. The molecule has 0 spiro atoms. The maximum absolute atomic E-state index is 12.2. The van der Waals surface area contributed by atoms with E-state index in [-0.39, 0.29) is 23.8 Å². The zero-order chi connectivity index (χ0) is 14.2. The Morgan fingerprint density at radius 2 is 1.95 bits per heavy atom. The van der Waals surface area contributed by atoms with Crippen LogP contribution >= 0.6 is 0 Å². The van der Waals surface area contributed by atoms with E-state index in [1.165, 1.54) is 6.92 Å². The van der Waals surface area contributed by atoms with Crippen molar-refractivity contribution in [2.24, 2.45) is 17.8 Å². The van der Waals surface area contributed by atoms with Crippen LogP contribution in [0.5, 0.6) is 0 Å². The number of allylic oxidation sites excluding steroid dienone is 3. The molecule has 1 saturated carbocycles. The van der Waals surface area contributed by atoms with Gasteiger partial charge < -0.3 is 4.74 Å². The number of carbonyl (C=O) groups excluding carboxylic acids is 2. The second-order valence-electron chi connectivity index (χ2n) is 5.98. The Kier molecular flexibility index (Phi) is 3.93. The summed E-state index contributed by atoms with van der Waals surface area (Å²) in [4.78, 5) is 23.2. The minimum atomic E-state index is -0.241. The number of hydrogen-bond donors (Lipinski definition) is 0. The Morgan fingerprint density at radius 1 is 1.26 bits per heavy atom. The zero-order valence-electron chi connectivity index (χ0n) is 12.1. The molecule has 0 heterocycles. The average molecular weight is 262 g/mol. The molecule has 4 atom stereocenters. The first-order valence-corrected chi connectivity index (χ1v) is 6.96. The second kappa shape index (κ2) is 5.32. The Hall–Kier alpha value is -1.38. The van der Waals surface area contributed by atoms with Gasteiger partial charge in [0, 0.05) is 24.8 Å². The van der Waals surface area contributed by atoms with Gasteiger partial charge in [0.1, 0.15) is 6.10 Å². The van der Waals surface area contributed by atoms with Gasteiger partial charge in [-0.2, -0.15) is 0 Å². The van der Waals surface area contributed by atoms with Crippen molar-refractivity contribution in [3.8, 4) is 0 Å². The van der Waals surface area contributed by atoms with E-state index in [1.807, 2.05) is 19.9 Å². The predicted octanol–water partition coefficient (Wildman–Crippen LogP) is 3.06. The van der Waals surface area contributed by atoms with Gasteiger partial charge in [-0.25, -0.2) is 0 Å². The number of rotatable bonds is 1. The summed E-state index contributed by atoms with van der Waals surface area (Å²) in [5.41, 5.74) is 2.09. The molecule has 0 aromatic carbocycles. The smallest absolute Gasteiger partial charge is 0.303 e. The lowest BCUT2D eigenvalue weighted by atomic mass is 9.64. The third-order valence-corrected chi connectivity index (χ3v) is 4.23. The number of ether oxygens (including phenoxy) is 1. The van der Waals surface area contributed by atoms with Crippen LogP contribution in [0.1, 0.15) is 40.5 Å². The first-order valence-electron chi connectivity index (χ1n) is 6.96. The Balaban J connectivity index is 2.28. The maximum atomic E-state index is 12.2. The molecule has 2 aliphatic carbocycles. The third-order valence-electron chi connectivity index (χ3n) is 4.23. The molecule has 0 aromatic rings. The van der Waals surface area contributed by atoms with E-state index in [2.05, 4.69) is 13.0 Å². The molecule has 0 aliphatic heterocycles. The van der Waals surface area contributed by atoms with Gasteiger partial charge in [0.15, 0.2) is 5.78 Å². The van der Waals surface area contributed by atoms with Crippen molar-refractivity contribution in [3.63, 3.8) is 0 Å². The van der Waals surface area contributed by atoms with E-state index < -0.39 is 0 Å². The maximum Gasteiger partial charge on any atom is 0.303 e. The van der Waals surface area contributed by atoms with Crippen molar-refractivity contribution in [2.45, 2.75) is 46.6 Å². The Labute approximate surface area is 114 Å². The summed E-state index contributed by atoms with van der Waals surface area (Å²) in [6.45, 7) is 7.58. The number of esters is 1. The van der Waals surface area contributed by atoms with E-state index in [0.717, 1.165) is 17.6 Å². The summed E-state index contributed by atoms with van der Waals surface area (Å²) < 4.78 is 5.28. The van der Waals surface area contributed by atoms with Crippen LogP contribution < -0.4 is 0 Å². The molecule has 0 saturated heterocycles. The lowest BCUT2D eigenvalue weighted by Gasteiger charge is -2.40. The molecular weight excluding hydrogens is 240 g/mol. The standard InChI is InChI=1S/C16H22O3/c1-9(2)16-13-6-5-12(19-11(4)17)8-14(13)10(3)7-15(16)18/h5-6,10,12-14H,7-8H2,1-4H3/t10-,12-,13+,14+/m1/s1. The first kappa shape index (κ1) is 14.0. The van der Waals surface area contributed by atoms with E-state index >= 15 is 0 Å². The molecule has 0 amide bonds. The van der Waals surface area contributed by atoms with Crippen LogP contribution in [0.25, 0.3) is 0 Å². The van der Waals surface area contributed by atoms with Crippen LogP contribution in [0.4, 0.5) is 0 Å². The molecule has 0 radical (unpaired) electrons. The third kappa shape index (κ3) is 2.80. The van der Waals surface area contributed by atoms with Crippen LogP contribution in [0.3, 0.4) is 0 Å². The lowest BCUT2D eigenvalue weighted by molar-refractivity contribution is -0.145. The first-order chi connectivity index (χ1) is 8.90. The van der Waals surface area contributed by atoms with Crippen molar-refractivity contribution >= 4 is 11.8 Å². The second-order valence-corrected chi connectivity index (χ2v) is 5.98. The summed E-state index contributed by atoms with van der Waals surface area (Å²) in [6.07, 6.45) is 5.32. The highest BCUT2D eigenvalue weighted by atomic mass is 16.5. The van der Waals surface area contributed by atoms with E-state index in [9.17, 15) is 9.59 Å². The number of ketones is 1. The van der Waals surface area contributed by atoms with Gasteiger partial charge >= 0.3 is 5.97 Å². The van der Waals surface area contributed by atoms with Crippen LogP contribution in [0.2, 0.25) is 0 Å². The van der Waals surface area contributed by atoms with Crippen molar-refractivity contribution in [1.29, 1.82) is 0 Å². The summed E-state index contributed by atoms with van der Waals surface area (Å²) in [5, 5.41) is 0. The fourth-order valence-electron chi connectivity index (χ4n) is 3.43. The van der Waals surface area contributed by atoms with Crippen molar-refractivity contribution in [1.82, 2.24) is 0 Å². The fraction of sp³-hybridized carbons (Fsp3) is 0.625. The number of carbonyl (C=O) groups is 2. The highest BCUT2D eigenvalue weighted by molar-refractivity contribution is 5.98. The summed E-state index contributed by atoms with van der Waals surface area (Å²) in [5.74, 6) is 0.994. The average Bonchev–Trinajstić information content (AvgIpc) is 2.28. The SMILES string of the molecule is CC(=O)O[C@@H]1C=C[C@@H]2C(=C(C)C)C(=O)C[C@@H](C)[C@@H]2C1. The minimum absolute atomic E-state index is 0.132. The lowest BCUT2D eigenvalue weighted by Crippen LogP contribution is -2.38. The summed E-state index contributed by atoms with van der Waals surface area (Å²) in [6, 6.07) is 0. The molecule has 2 rings (SSSR count). The van der Waals surface area contributed by atoms with Crippen LogP contribution in [-0.2, 0) is 14.3 Å². The van der Waals surface area contributed by atoms with Crippen molar-refractivity contribution in [3.05, 3.63) is 23.3 Å². The molecule has 0 aromatic heterocycles. The molecule has 0 bridgehead atoms. The minimum Gasteiger partial charge on any atom is -0.458 e. The molecule has 3 nitrogen and oxygen atoms in total. The fourth-order valence-corrected chi connectivity index (χ4v) is 3.43. The molecule has 104 valence electrons. The van der Waals surface area contributed by atoms with Crippen molar-refractivity contribution < 1.29 is 14.3 Å². The summed E-state index contributed by atoms with van der Waals surface area (Å²) >= 11 is 0. The predicted molar refractivity (Wildman–Crippen MR) is 73.5 cm³/mol. The van der Waals surface area contributed by atoms with Gasteiger partial charge in [-0.05, 0) is 38.2 Å². The molecule has 0 N–H and O–H groups in total. The van der Waals surface area contributed by atoms with E-state index in [0.29, 0.717) is 18.3 Å². The largest absolute Gasteiger partial charge is 0.458 e. The number of fused-ring (bicyclic) bond motifs is 1. The zero-order valence-corrected chi connectivity index (χ0v) is 12.1. The van der Waals surface area contributed by atoms with Gasteiger partial charge in [-0.3, -0.25) is 9.59 Å². The summed E-state index contributed by atoms with van der Waals surface area (Å²) in [7, 11) is 0. The van der Waals surface area contributed by atoms with Gasteiger partial charge in [0.25, 0.3) is 0 Å². The van der Waals surface area contributed by atoms with Crippen LogP contribution in [0, 0.1) is 17.8 Å². The molecule has 0 unspecified atom stereocenters. The van der Waals surface area contributed by atoms with Crippen molar-refractivity contribution in [2.75, 3.05) is 0 Å². The van der Waals surface area contributed by atoms with Crippen LogP contribution in [0.15, 0.2) is 23.3 Å². The topological polar surface area (TPSA) is 43.4 Å². The monoisotopic (exact) mass is 262 g/mol. The van der Waals surface area contributed by atoms with E-state index in [1.54, 1.807) is 0 Å². The van der Waals surface area contributed by atoms with Crippen LogP contribution in [-0.4, -0.2) is 17.9 Å². The highest BCUT2D eigenvalue weighted by Crippen LogP contribution is 2.43. The highest BCUT2D eigenvalue weighted by Gasteiger charge is 2.40. The molecular formula is C16H22O3. The Morgan fingerprint density at radius 3 is 2.53 bits per heavy atom.